The Balaban J connectivity index is 0.000000659. The molecule has 0 aliphatic carbocycles. The number of rotatable bonds is 1. The molecule has 1 aliphatic heterocycles. The van der Waals surface area contributed by atoms with Crippen LogP contribution in [0.3, 0.4) is 0 Å². The zero-order chi connectivity index (χ0) is 13.8. The van der Waals surface area contributed by atoms with E-state index in [0.717, 1.165) is 31.2 Å². The number of hydrogen-bond donors (Lipinski definition) is 2. The van der Waals surface area contributed by atoms with Crippen molar-refractivity contribution in [2.24, 2.45) is 4.99 Å². The van der Waals surface area contributed by atoms with Gasteiger partial charge in [0.1, 0.15) is 0 Å². The maximum Gasteiger partial charge on any atom is 0.195 e. The number of hydrogen-bond acceptors (Lipinski definition) is 3. The predicted octanol–water partition coefficient (Wildman–Crippen LogP) is 3.81. The maximum atomic E-state index is 4.35. The number of nitrogens with zero attached hydrogens (tertiary/aromatic N) is 1. The van der Waals surface area contributed by atoms with Crippen LogP contribution >= 0.6 is 0 Å². The van der Waals surface area contributed by atoms with E-state index >= 15 is 0 Å². The monoisotopic (exact) mass is 249 g/mol. The molecule has 2 rings (SSSR count). The Morgan fingerprint density at radius 2 is 1.89 bits per heavy atom. The van der Waals surface area contributed by atoms with Crippen LogP contribution in [0.1, 0.15) is 39.7 Å². The first-order valence-electron chi connectivity index (χ1n) is 6.96. The molecular formula is C15H27N3. The molecule has 0 saturated carbocycles. The average molecular weight is 249 g/mol. The molecule has 1 aromatic carbocycles. The molecule has 0 spiro atoms. The van der Waals surface area contributed by atoms with E-state index in [9.17, 15) is 0 Å². The van der Waals surface area contributed by atoms with Gasteiger partial charge in [-0.2, -0.15) is 0 Å². The van der Waals surface area contributed by atoms with Gasteiger partial charge in [0.05, 0.1) is 0 Å². The minimum atomic E-state index is 0.891. The second-order valence-corrected chi connectivity index (χ2v) is 3.51. The van der Waals surface area contributed by atoms with E-state index in [1.54, 1.807) is 0 Å². The molecule has 0 aromatic heterocycles. The SMILES string of the molecule is CC.CC.Cc1cccc(NC2=NCCCN2)c1. The van der Waals surface area contributed by atoms with Crippen LogP contribution in [0.25, 0.3) is 0 Å². The van der Waals surface area contributed by atoms with Crippen LogP contribution in [-0.2, 0) is 0 Å². The number of anilines is 1. The number of aliphatic imine (C=N–C) groups is 1. The number of guanidine groups is 1. The Morgan fingerprint density at radius 3 is 2.44 bits per heavy atom. The normalized spacial score (nSPS) is 12.8. The average Bonchev–Trinajstić information content (AvgIpc) is 2.44. The molecule has 1 aromatic rings. The molecular weight excluding hydrogens is 222 g/mol. The van der Waals surface area contributed by atoms with Gasteiger partial charge in [-0.15, -0.1) is 0 Å². The van der Waals surface area contributed by atoms with Gasteiger partial charge in [0.15, 0.2) is 5.96 Å². The quantitative estimate of drug-likeness (QED) is 0.794. The third-order valence-corrected chi connectivity index (χ3v) is 2.18. The first kappa shape index (κ1) is 16.5. The fourth-order valence-electron chi connectivity index (χ4n) is 1.48. The fourth-order valence-corrected chi connectivity index (χ4v) is 1.48. The van der Waals surface area contributed by atoms with Crippen molar-refractivity contribution < 1.29 is 0 Å². The van der Waals surface area contributed by atoms with Gasteiger partial charge in [-0.3, -0.25) is 4.99 Å². The van der Waals surface area contributed by atoms with Gasteiger partial charge in [-0.05, 0) is 31.0 Å². The Morgan fingerprint density at radius 1 is 1.17 bits per heavy atom. The molecule has 1 aliphatic rings. The summed E-state index contributed by atoms with van der Waals surface area (Å²) in [5.74, 6) is 0.891. The second-order valence-electron chi connectivity index (χ2n) is 3.51. The van der Waals surface area contributed by atoms with E-state index in [-0.39, 0.29) is 0 Å². The van der Waals surface area contributed by atoms with Gasteiger partial charge in [0, 0.05) is 18.8 Å². The lowest BCUT2D eigenvalue weighted by Crippen LogP contribution is -2.35. The van der Waals surface area contributed by atoms with E-state index in [1.165, 1.54) is 5.56 Å². The summed E-state index contributed by atoms with van der Waals surface area (Å²) >= 11 is 0. The zero-order valence-corrected chi connectivity index (χ0v) is 12.4. The summed E-state index contributed by atoms with van der Waals surface area (Å²) in [5, 5.41) is 6.49. The highest BCUT2D eigenvalue weighted by atomic mass is 15.2. The predicted molar refractivity (Wildman–Crippen MR) is 82.4 cm³/mol. The highest BCUT2D eigenvalue weighted by Gasteiger charge is 2.03. The minimum absolute atomic E-state index is 0.891. The molecule has 0 atom stereocenters. The maximum absolute atomic E-state index is 4.35. The van der Waals surface area contributed by atoms with Gasteiger partial charge in [-0.1, -0.05) is 39.8 Å². The topological polar surface area (TPSA) is 36.4 Å². The fraction of sp³-hybridized carbons (Fsp3) is 0.533. The third kappa shape index (κ3) is 6.28. The summed E-state index contributed by atoms with van der Waals surface area (Å²) in [6, 6.07) is 8.28. The molecule has 0 bridgehead atoms. The van der Waals surface area contributed by atoms with Gasteiger partial charge >= 0.3 is 0 Å². The Kier molecular flexibility index (Phi) is 9.74. The molecule has 0 fully saturated rings. The summed E-state index contributed by atoms with van der Waals surface area (Å²) in [4.78, 5) is 4.35. The lowest BCUT2D eigenvalue weighted by atomic mass is 10.2. The van der Waals surface area contributed by atoms with Crippen molar-refractivity contribution in [3.63, 3.8) is 0 Å². The molecule has 0 unspecified atom stereocenters. The van der Waals surface area contributed by atoms with Crippen LogP contribution in [-0.4, -0.2) is 19.0 Å². The Labute approximate surface area is 112 Å². The highest BCUT2D eigenvalue weighted by Crippen LogP contribution is 2.09. The highest BCUT2D eigenvalue weighted by molar-refractivity contribution is 5.93. The van der Waals surface area contributed by atoms with E-state index in [0.29, 0.717) is 0 Å². The molecule has 0 radical (unpaired) electrons. The molecule has 0 saturated heterocycles. The second kappa shape index (κ2) is 10.6. The zero-order valence-electron chi connectivity index (χ0n) is 12.4. The largest absolute Gasteiger partial charge is 0.356 e. The van der Waals surface area contributed by atoms with Crippen molar-refractivity contribution in [3.05, 3.63) is 29.8 Å². The summed E-state index contributed by atoms with van der Waals surface area (Å²) < 4.78 is 0. The Hall–Kier alpha value is -1.51. The van der Waals surface area contributed by atoms with E-state index in [4.69, 9.17) is 0 Å². The van der Waals surface area contributed by atoms with Gasteiger partial charge < -0.3 is 10.6 Å². The smallest absolute Gasteiger partial charge is 0.195 e. The van der Waals surface area contributed by atoms with Crippen molar-refractivity contribution in [2.45, 2.75) is 41.0 Å². The lowest BCUT2D eigenvalue weighted by Gasteiger charge is -2.16. The summed E-state index contributed by atoms with van der Waals surface area (Å²) in [5.41, 5.74) is 2.35. The van der Waals surface area contributed by atoms with Crippen LogP contribution < -0.4 is 10.6 Å². The van der Waals surface area contributed by atoms with Crippen LogP contribution in [0.4, 0.5) is 5.69 Å². The number of aryl methyl sites for hydroxylation is 1. The summed E-state index contributed by atoms with van der Waals surface area (Å²) in [6.07, 6.45) is 1.12. The molecule has 3 nitrogen and oxygen atoms in total. The molecule has 18 heavy (non-hydrogen) atoms. The standard InChI is InChI=1S/C11H15N3.2C2H6/c1-9-4-2-5-10(8-9)14-11-12-6-3-7-13-11;2*1-2/h2,4-5,8H,3,6-7H2,1H3,(H2,12,13,14);2*1-2H3. The van der Waals surface area contributed by atoms with E-state index < -0.39 is 0 Å². The van der Waals surface area contributed by atoms with Crippen LogP contribution in [0.5, 0.6) is 0 Å². The molecule has 3 heteroatoms. The molecule has 2 N–H and O–H groups in total. The van der Waals surface area contributed by atoms with Gasteiger partial charge in [0.25, 0.3) is 0 Å². The molecule has 102 valence electrons. The van der Waals surface area contributed by atoms with Gasteiger partial charge in [0.2, 0.25) is 0 Å². The summed E-state index contributed by atoms with van der Waals surface area (Å²) in [6.45, 7) is 12.0. The van der Waals surface area contributed by atoms with Gasteiger partial charge in [-0.25, -0.2) is 0 Å². The van der Waals surface area contributed by atoms with Crippen molar-refractivity contribution >= 4 is 11.6 Å². The first-order chi connectivity index (χ1) is 8.84. The van der Waals surface area contributed by atoms with Crippen molar-refractivity contribution in [1.82, 2.24) is 5.32 Å². The van der Waals surface area contributed by atoms with E-state index in [2.05, 4.69) is 34.7 Å². The van der Waals surface area contributed by atoms with Crippen molar-refractivity contribution in [1.29, 1.82) is 0 Å². The van der Waals surface area contributed by atoms with Crippen LogP contribution in [0, 0.1) is 6.92 Å². The third-order valence-electron chi connectivity index (χ3n) is 2.18. The van der Waals surface area contributed by atoms with Crippen LogP contribution in [0.15, 0.2) is 29.3 Å². The van der Waals surface area contributed by atoms with Crippen molar-refractivity contribution in [3.8, 4) is 0 Å². The molecule has 1 heterocycles. The number of benzene rings is 1. The minimum Gasteiger partial charge on any atom is -0.356 e. The first-order valence-corrected chi connectivity index (χ1v) is 6.96. The number of nitrogens with one attached hydrogen (secondary N) is 2. The van der Waals surface area contributed by atoms with Crippen molar-refractivity contribution in [2.75, 3.05) is 18.4 Å². The molecule has 0 amide bonds. The van der Waals surface area contributed by atoms with E-state index in [1.807, 2.05) is 39.8 Å². The Bertz CT molecular complexity index is 345. The van der Waals surface area contributed by atoms with Crippen LogP contribution in [0.2, 0.25) is 0 Å². The summed E-state index contributed by atoms with van der Waals surface area (Å²) in [7, 11) is 0. The lowest BCUT2D eigenvalue weighted by molar-refractivity contribution is 0.740.